The third-order valence-corrected chi connectivity index (χ3v) is 4.87. The Morgan fingerprint density at radius 1 is 0.950 bits per heavy atom. The van der Waals surface area contributed by atoms with Crippen LogP contribution in [0.5, 0.6) is 0 Å². The molecule has 1 unspecified atom stereocenters. The van der Waals surface area contributed by atoms with Crippen molar-refractivity contribution < 1.29 is 8.42 Å². The fraction of sp³-hybridized carbons (Fsp3) is 0.250. The molecule has 0 saturated carbocycles. The minimum atomic E-state index is -3.49. The van der Waals surface area contributed by atoms with Gasteiger partial charge < -0.3 is 0 Å². The maximum Gasteiger partial charge on any atom is 0.241 e. The van der Waals surface area contributed by atoms with Crippen LogP contribution in [0.4, 0.5) is 0 Å². The third-order valence-electron chi connectivity index (χ3n) is 3.32. The summed E-state index contributed by atoms with van der Waals surface area (Å²) in [6.45, 7) is 5.76. The first-order chi connectivity index (χ1) is 9.40. The molecule has 0 spiro atoms. The summed E-state index contributed by atoms with van der Waals surface area (Å²) in [4.78, 5) is 0.295. The Morgan fingerprint density at radius 2 is 1.55 bits per heavy atom. The number of hydrogen-bond acceptors (Lipinski definition) is 2. The Bertz CT molecular complexity index is 691. The monoisotopic (exact) mass is 289 g/mol. The van der Waals surface area contributed by atoms with E-state index in [4.69, 9.17) is 0 Å². The van der Waals surface area contributed by atoms with E-state index in [1.54, 1.807) is 24.3 Å². The molecular formula is C16H19NO2S. The second kappa shape index (κ2) is 5.77. The van der Waals surface area contributed by atoms with Crippen molar-refractivity contribution in [3.05, 3.63) is 65.2 Å². The zero-order chi connectivity index (χ0) is 14.8. The predicted molar refractivity (Wildman–Crippen MR) is 81.1 cm³/mol. The highest BCUT2D eigenvalue weighted by Crippen LogP contribution is 2.20. The number of benzene rings is 2. The summed E-state index contributed by atoms with van der Waals surface area (Å²) >= 11 is 0. The fourth-order valence-electron chi connectivity index (χ4n) is 2.15. The maximum atomic E-state index is 12.3. The van der Waals surface area contributed by atoms with Crippen LogP contribution in [0, 0.1) is 13.8 Å². The number of rotatable bonds is 4. The summed E-state index contributed by atoms with van der Waals surface area (Å²) in [6.07, 6.45) is 0. The Hall–Kier alpha value is -1.65. The molecule has 0 bridgehead atoms. The maximum absolute atomic E-state index is 12.3. The molecule has 1 N–H and O–H groups in total. The van der Waals surface area contributed by atoms with Gasteiger partial charge in [-0.3, -0.25) is 0 Å². The first-order valence-electron chi connectivity index (χ1n) is 6.54. The van der Waals surface area contributed by atoms with Crippen LogP contribution in [0.1, 0.15) is 29.7 Å². The SMILES string of the molecule is Cc1ccc(S(=O)(=O)NC(C)c2ccccc2C)cc1. The Kier molecular flexibility index (Phi) is 4.26. The lowest BCUT2D eigenvalue weighted by Gasteiger charge is -2.16. The van der Waals surface area contributed by atoms with E-state index in [0.29, 0.717) is 4.90 Å². The standard InChI is InChI=1S/C16H19NO2S/c1-12-8-10-15(11-9-12)20(18,19)17-14(3)16-7-5-4-6-13(16)2/h4-11,14,17H,1-3H3. The van der Waals surface area contributed by atoms with E-state index in [2.05, 4.69) is 4.72 Å². The Morgan fingerprint density at radius 3 is 2.15 bits per heavy atom. The highest BCUT2D eigenvalue weighted by molar-refractivity contribution is 7.89. The molecule has 0 aromatic heterocycles. The lowest BCUT2D eigenvalue weighted by molar-refractivity contribution is 0.566. The van der Waals surface area contributed by atoms with Crippen LogP contribution >= 0.6 is 0 Å². The van der Waals surface area contributed by atoms with Gasteiger partial charge in [0.15, 0.2) is 0 Å². The Balaban J connectivity index is 2.24. The topological polar surface area (TPSA) is 46.2 Å². The molecular weight excluding hydrogens is 270 g/mol. The second-order valence-corrected chi connectivity index (χ2v) is 6.73. The van der Waals surface area contributed by atoms with Crippen LogP contribution in [-0.2, 0) is 10.0 Å². The third kappa shape index (κ3) is 3.26. The first kappa shape index (κ1) is 14.8. The minimum Gasteiger partial charge on any atom is -0.207 e. The quantitative estimate of drug-likeness (QED) is 0.938. The molecule has 3 nitrogen and oxygen atoms in total. The summed E-state index contributed by atoms with van der Waals surface area (Å²) in [6, 6.07) is 14.4. The van der Waals surface area contributed by atoms with Gasteiger partial charge in [-0.15, -0.1) is 0 Å². The highest BCUT2D eigenvalue weighted by Gasteiger charge is 2.18. The van der Waals surface area contributed by atoms with Crippen molar-refractivity contribution >= 4 is 10.0 Å². The number of sulfonamides is 1. The van der Waals surface area contributed by atoms with Crippen molar-refractivity contribution in [3.8, 4) is 0 Å². The number of aryl methyl sites for hydroxylation is 2. The molecule has 0 aliphatic carbocycles. The molecule has 106 valence electrons. The summed E-state index contributed by atoms with van der Waals surface area (Å²) in [5.41, 5.74) is 3.10. The van der Waals surface area contributed by atoms with E-state index in [9.17, 15) is 8.42 Å². The van der Waals surface area contributed by atoms with Crippen molar-refractivity contribution in [2.24, 2.45) is 0 Å². The zero-order valence-electron chi connectivity index (χ0n) is 11.9. The van der Waals surface area contributed by atoms with Gasteiger partial charge in [0.25, 0.3) is 0 Å². The van der Waals surface area contributed by atoms with E-state index >= 15 is 0 Å². The number of hydrogen-bond donors (Lipinski definition) is 1. The molecule has 0 fully saturated rings. The average molecular weight is 289 g/mol. The molecule has 0 saturated heterocycles. The fourth-order valence-corrected chi connectivity index (χ4v) is 3.38. The van der Waals surface area contributed by atoms with Gasteiger partial charge in [0.2, 0.25) is 10.0 Å². The molecule has 4 heteroatoms. The van der Waals surface area contributed by atoms with E-state index in [1.807, 2.05) is 45.0 Å². The zero-order valence-corrected chi connectivity index (χ0v) is 12.7. The predicted octanol–water partition coefficient (Wildman–Crippen LogP) is 3.34. The second-order valence-electron chi connectivity index (χ2n) is 5.01. The highest BCUT2D eigenvalue weighted by atomic mass is 32.2. The van der Waals surface area contributed by atoms with Gasteiger partial charge in [-0.1, -0.05) is 42.0 Å². The lowest BCUT2D eigenvalue weighted by atomic mass is 10.0. The number of nitrogens with one attached hydrogen (secondary N) is 1. The van der Waals surface area contributed by atoms with E-state index in [0.717, 1.165) is 16.7 Å². The minimum absolute atomic E-state index is 0.262. The molecule has 2 aromatic rings. The molecule has 2 rings (SSSR count). The summed E-state index contributed by atoms with van der Waals surface area (Å²) in [5.74, 6) is 0. The van der Waals surface area contributed by atoms with Crippen molar-refractivity contribution in [1.29, 1.82) is 0 Å². The van der Waals surface area contributed by atoms with Crippen molar-refractivity contribution in [2.45, 2.75) is 31.7 Å². The van der Waals surface area contributed by atoms with Crippen molar-refractivity contribution in [1.82, 2.24) is 4.72 Å². The van der Waals surface area contributed by atoms with Crippen molar-refractivity contribution in [2.75, 3.05) is 0 Å². The van der Waals surface area contributed by atoms with Crippen LogP contribution in [-0.4, -0.2) is 8.42 Å². The molecule has 2 aromatic carbocycles. The van der Waals surface area contributed by atoms with Gasteiger partial charge in [-0.25, -0.2) is 13.1 Å². The van der Waals surface area contributed by atoms with Crippen molar-refractivity contribution in [3.63, 3.8) is 0 Å². The Labute approximate surface area is 120 Å². The summed E-state index contributed by atoms with van der Waals surface area (Å²) < 4.78 is 27.4. The summed E-state index contributed by atoms with van der Waals surface area (Å²) in [5, 5.41) is 0. The van der Waals surface area contributed by atoms with Crippen LogP contribution in [0.15, 0.2) is 53.4 Å². The molecule has 0 amide bonds. The van der Waals surface area contributed by atoms with Gasteiger partial charge in [-0.2, -0.15) is 0 Å². The largest absolute Gasteiger partial charge is 0.241 e. The van der Waals surface area contributed by atoms with E-state index in [-0.39, 0.29) is 6.04 Å². The van der Waals surface area contributed by atoms with Crippen LogP contribution in [0.25, 0.3) is 0 Å². The van der Waals surface area contributed by atoms with Gasteiger partial charge >= 0.3 is 0 Å². The lowest BCUT2D eigenvalue weighted by Crippen LogP contribution is -2.27. The molecule has 0 aliphatic heterocycles. The molecule has 0 aliphatic rings. The van der Waals surface area contributed by atoms with Gasteiger partial charge in [0.05, 0.1) is 4.90 Å². The van der Waals surface area contributed by atoms with Crippen LogP contribution in [0.3, 0.4) is 0 Å². The van der Waals surface area contributed by atoms with Gasteiger partial charge in [0.1, 0.15) is 0 Å². The van der Waals surface area contributed by atoms with E-state index < -0.39 is 10.0 Å². The first-order valence-corrected chi connectivity index (χ1v) is 8.03. The van der Waals surface area contributed by atoms with Crippen LogP contribution < -0.4 is 4.72 Å². The molecule has 0 heterocycles. The van der Waals surface area contributed by atoms with Gasteiger partial charge in [-0.05, 0) is 44.0 Å². The molecule has 1 atom stereocenters. The van der Waals surface area contributed by atoms with Crippen LogP contribution in [0.2, 0.25) is 0 Å². The molecule has 0 radical (unpaired) electrons. The summed E-state index contributed by atoms with van der Waals surface area (Å²) in [7, 11) is -3.49. The van der Waals surface area contributed by atoms with E-state index in [1.165, 1.54) is 0 Å². The van der Waals surface area contributed by atoms with Gasteiger partial charge in [0, 0.05) is 6.04 Å². The normalized spacial score (nSPS) is 13.2. The molecule has 20 heavy (non-hydrogen) atoms. The average Bonchev–Trinajstić information content (AvgIpc) is 2.39. The smallest absolute Gasteiger partial charge is 0.207 e.